The van der Waals surface area contributed by atoms with Crippen LogP contribution in [-0.2, 0) is 16.1 Å². The van der Waals surface area contributed by atoms with Crippen LogP contribution < -0.4 is 11.1 Å². The van der Waals surface area contributed by atoms with Crippen LogP contribution in [0.25, 0.3) is 11.3 Å². The molecule has 3 heterocycles. The average Bonchev–Trinajstić information content (AvgIpc) is 3.05. The van der Waals surface area contributed by atoms with Crippen LogP contribution in [0.2, 0.25) is 5.02 Å². The summed E-state index contributed by atoms with van der Waals surface area (Å²) in [7, 11) is 0. The molecule has 0 saturated carbocycles. The zero-order valence-corrected chi connectivity index (χ0v) is 16.8. The van der Waals surface area contributed by atoms with Gasteiger partial charge in [0.15, 0.2) is 0 Å². The molecule has 0 aliphatic carbocycles. The lowest BCUT2D eigenvalue weighted by Gasteiger charge is -2.23. The number of primary amides is 1. The van der Waals surface area contributed by atoms with Crippen molar-refractivity contribution in [3.05, 3.63) is 40.5 Å². The first kappa shape index (κ1) is 19.6. The predicted molar refractivity (Wildman–Crippen MR) is 108 cm³/mol. The van der Waals surface area contributed by atoms with Gasteiger partial charge in [0, 0.05) is 36.9 Å². The van der Waals surface area contributed by atoms with E-state index in [4.69, 9.17) is 22.1 Å². The van der Waals surface area contributed by atoms with Gasteiger partial charge in [0.05, 0.1) is 16.9 Å². The van der Waals surface area contributed by atoms with Gasteiger partial charge in [-0.15, -0.1) is 0 Å². The number of nitrogens with zero attached hydrogens (tertiary/aromatic N) is 3. The number of halogens is 1. The molecule has 2 aliphatic heterocycles. The lowest BCUT2D eigenvalue weighted by Crippen LogP contribution is -2.42. The van der Waals surface area contributed by atoms with E-state index in [1.54, 1.807) is 19.2 Å². The standard InChI is InChI=1S/C20H22ClN5O3/c1-11(18(22)27)26-10-13-3-2-12(8-15(13)19(26)28)17-16(21)9-23-20(25-17)24-14-4-6-29-7-5-14/h2-3,8-9,11,14H,4-7,10H2,1H3,(H2,22,27)(H,23,24,25). The number of nitrogens with one attached hydrogen (secondary N) is 1. The average molecular weight is 416 g/mol. The molecule has 1 aromatic carbocycles. The zero-order valence-electron chi connectivity index (χ0n) is 16.0. The van der Waals surface area contributed by atoms with E-state index in [0.717, 1.165) is 18.4 Å². The highest BCUT2D eigenvalue weighted by atomic mass is 35.5. The topological polar surface area (TPSA) is 110 Å². The number of benzene rings is 1. The number of aromatic nitrogens is 2. The zero-order chi connectivity index (χ0) is 20.5. The molecule has 29 heavy (non-hydrogen) atoms. The van der Waals surface area contributed by atoms with E-state index >= 15 is 0 Å². The summed E-state index contributed by atoms with van der Waals surface area (Å²) in [6.45, 7) is 3.41. The molecule has 8 nitrogen and oxygen atoms in total. The van der Waals surface area contributed by atoms with Crippen molar-refractivity contribution in [1.29, 1.82) is 0 Å². The fourth-order valence-corrected chi connectivity index (χ4v) is 3.80. The van der Waals surface area contributed by atoms with E-state index in [1.807, 2.05) is 12.1 Å². The second-order valence-corrected chi connectivity index (χ2v) is 7.71. The molecule has 4 rings (SSSR count). The number of rotatable bonds is 5. The highest BCUT2D eigenvalue weighted by Crippen LogP contribution is 2.32. The smallest absolute Gasteiger partial charge is 0.255 e. The molecule has 1 fully saturated rings. The molecule has 2 aromatic rings. The number of carbonyl (C=O) groups is 2. The summed E-state index contributed by atoms with van der Waals surface area (Å²) in [6, 6.07) is 5.08. The van der Waals surface area contributed by atoms with Crippen molar-refractivity contribution in [1.82, 2.24) is 14.9 Å². The van der Waals surface area contributed by atoms with Crippen LogP contribution in [0.4, 0.5) is 5.95 Å². The number of ether oxygens (including phenoxy) is 1. The summed E-state index contributed by atoms with van der Waals surface area (Å²) >= 11 is 6.35. The SMILES string of the molecule is CC(C(N)=O)N1Cc2ccc(-c3nc(NC4CCOCC4)ncc3Cl)cc2C1=O. The van der Waals surface area contributed by atoms with Gasteiger partial charge >= 0.3 is 0 Å². The fraction of sp³-hybridized carbons (Fsp3) is 0.400. The quantitative estimate of drug-likeness (QED) is 0.774. The van der Waals surface area contributed by atoms with E-state index < -0.39 is 11.9 Å². The number of fused-ring (bicyclic) bond motifs is 1. The summed E-state index contributed by atoms with van der Waals surface area (Å²) < 4.78 is 5.38. The Morgan fingerprint density at radius 2 is 2.14 bits per heavy atom. The maximum atomic E-state index is 12.8. The van der Waals surface area contributed by atoms with Gasteiger partial charge in [-0.2, -0.15) is 0 Å². The third kappa shape index (κ3) is 3.90. The van der Waals surface area contributed by atoms with Crippen molar-refractivity contribution in [2.45, 2.75) is 38.4 Å². The van der Waals surface area contributed by atoms with E-state index in [0.29, 0.717) is 47.6 Å². The molecule has 152 valence electrons. The number of anilines is 1. The van der Waals surface area contributed by atoms with Gasteiger partial charge in [0.1, 0.15) is 6.04 Å². The van der Waals surface area contributed by atoms with Gasteiger partial charge in [0.25, 0.3) is 5.91 Å². The molecule has 9 heteroatoms. The summed E-state index contributed by atoms with van der Waals surface area (Å²) in [5.74, 6) is -0.264. The first-order chi connectivity index (χ1) is 13.9. The Hall–Kier alpha value is -2.71. The molecular weight excluding hydrogens is 394 g/mol. The highest BCUT2D eigenvalue weighted by Gasteiger charge is 2.33. The van der Waals surface area contributed by atoms with Gasteiger partial charge in [-0.25, -0.2) is 9.97 Å². The highest BCUT2D eigenvalue weighted by molar-refractivity contribution is 6.33. The van der Waals surface area contributed by atoms with Crippen LogP contribution in [-0.4, -0.2) is 52.0 Å². The Labute approximate surface area is 173 Å². The first-order valence-electron chi connectivity index (χ1n) is 9.54. The molecule has 1 atom stereocenters. The first-order valence-corrected chi connectivity index (χ1v) is 9.92. The molecule has 2 amide bonds. The Bertz CT molecular complexity index is 961. The minimum Gasteiger partial charge on any atom is -0.381 e. The van der Waals surface area contributed by atoms with Crippen molar-refractivity contribution in [3.63, 3.8) is 0 Å². The van der Waals surface area contributed by atoms with Crippen LogP contribution in [0, 0.1) is 0 Å². The molecule has 3 N–H and O–H groups in total. The Balaban J connectivity index is 1.61. The van der Waals surface area contributed by atoms with Gasteiger partial charge in [-0.3, -0.25) is 9.59 Å². The van der Waals surface area contributed by atoms with Crippen LogP contribution >= 0.6 is 11.6 Å². The molecule has 0 spiro atoms. The van der Waals surface area contributed by atoms with E-state index in [1.165, 1.54) is 4.90 Å². The third-order valence-electron chi connectivity index (χ3n) is 5.39. The summed E-state index contributed by atoms with van der Waals surface area (Å²) in [5.41, 5.74) is 8.01. The lowest BCUT2D eigenvalue weighted by molar-refractivity contribution is -0.122. The molecular formula is C20H22ClN5O3. The van der Waals surface area contributed by atoms with Crippen molar-refractivity contribution >= 4 is 29.4 Å². The van der Waals surface area contributed by atoms with E-state index in [9.17, 15) is 9.59 Å². The van der Waals surface area contributed by atoms with E-state index in [2.05, 4.69) is 15.3 Å². The number of nitrogens with two attached hydrogens (primary N) is 1. The predicted octanol–water partition coefficient (Wildman–Crippen LogP) is 2.22. The number of hydrogen-bond donors (Lipinski definition) is 2. The number of hydrogen-bond acceptors (Lipinski definition) is 6. The summed E-state index contributed by atoms with van der Waals surface area (Å²) in [4.78, 5) is 34.6. The van der Waals surface area contributed by atoms with Crippen molar-refractivity contribution < 1.29 is 14.3 Å². The summed E-state index contributed by atoms with van der Waals surface area (Å²) in [5, 5.41) is 3.72. The Morgan fingerprint density at radius 3 is 2.86 bits per heavy atom. The maximum absolute atomic E-state index is 12.8. The third-order valence-corrected chi connectivity index (χ3v) is 5.67. The van der Waals surface area contributed by atoms with Crippen LogP contribution in [0.1, 0.15) is 35.7 Å². The minimum absolute atomic E-state index is 0.223. The molecule has 1 aromatic heterocycles. The van der Waals surface area contributed by atoms with Crippen LogP contribution in [0.15, 0.2) is 24.4 Å². The Kier molecular flexibility index (Phi) is 5.38. The van der Waals surface area contributed by atoms with Gasteiger partial charge in [-0.05, 0) is 31.4 Å². The molecule has 0 bridgehead atoms. The van der Waals surface area contributed by atoms with Crippen molar-refractivity contribution in [2.24, 2.45) is 5.73 Å². The van der Waals surface area contributed by atoms with Crippen molar-refractivity contribution in [2.75, 3.05) is 18.5 Å². The largest absolute Gasteiger partial charge is 0.381 e. The number of carbonyl (C=O) groups excluding carboxylic acids is 2. The molecule has 1 saturated heterocycles. The maximum Gasteiger partial charge on any atom is 0.255 e. The van der Waals surface area contributed by atoms with Crippen LogP contribution in [0.5, 0.6) is 0 Å². The van der Waals surface area contributed by atoms with E-state index in [-0.39, 0.29) is 11.9 Å². The second-order valence-electron chi connectivity index (χ2n) is 7.30. The molecule has 1 unspecified atom stereocenters. The fourth-order valence-electron chi connectivity index (χ4n) is 3.60. The Morgan fingerprint density at radius 1 is 1.38 bits per heavy atom. The lowest BCUT2D eigenvalue weighted by atomic mass is 10.0. The monoisotopic (exact) mass is 415 g/mol. The minimum atomic E-state index is -0.670. The summed E-state index contributed by atoms with van der Waals surface area (Å²) in [6.07, 6.45) is 3.34. The molecule has 0 radical (unpaired) electrons. The van der Waals surface area contributed by atoms with Crippen molar-refractivity contribution in [3.8, 4) is 11.3 Å². The normalized spacial score (nSPS) is 17.9. The van der Waals surface area contributed by atoms with Gasteiger partial charge in [0.2, 0.25) is 11.9 Å². The van der Waals surface area contributed by atoms with Gasteiger partial charge in [-0.1, -0.05) is 23.7 Å². The number of amides is 2. The second kappa shape index (κ2) is 7.96. The molecule has 2 aliphatic rings. The van der Waals surface area contributed by atoms with Gasteiger partial charge < -0.3 is 20.7 Å². The van der Waals surface area contributed by atoms with Crippen LogP contribution in [0.3, 0.4) is 0 Å².